The van der Waals surface area contributed by atoms with Gasteiger partial charge in [0.05, 0.1) is 6.04 Å². The lowest BCUT2D eigenvalue weighted by molar-refractivity contribution is 0.0939. The molecule has 5 heteroatoms. The first-order chi connectivity index (χ1) is 9.36. The van der Waals surface area contributed by atoms with E-state index in [-0.39, 0.29) is 11.9 Å². The average Bonchev–Trinajstić information content (AvgIpc) is 2.67. The largest absolute Gasteiger partial charge is 0.466 e. The number of aryl methyl sites for hydroxylation is 2. The molecule has 1 amide bonds. The van der Waals surface area contributed by atoms with Crippen molar-refractivity contribution in [2.24, 2.45) is 0 Å². The maximum atomic E-state index is 12.3. The molecule has 1 unspecified atom stereocenters. The Hall–Kier alpha value is -1.07. The van der Waals surface area contributed by atoms with Gasteiger partial charge in [-0.3, -0.25) is 4.79 Å². The summed E-state index contributed by atoms with van der Waals surface area (Å²) >= 11 is 6.76. The summed E-state index contributed by atoms with van der Waals surface area (Å²) in [5.74, 6) is 1.58. The summed E-state index contributed by atoms with van der Waals surface area (Å²) in [5.41, 5.74) is 1.61. The number of hydrogen-bond acceptors (Lipinski definition) is 2. The molecule has 0 saturated heterocycles. The zero-order valence-electron chi connectivity index (χ0n) is 11.5. The van der Waals surface area contributed by atoms with Crippen molar-refractivity contribution in [3.8, 4) is 0 Å². The van der Waals surface area contributed by atoms with Gasteiger partial charge in [0.15, 0.2) is 0 Å². The van der Waals surface area contributed by atoms with E-state index in [9.17, 15) is 4.79 Å². The summed E-state index contributed by atoms with van der Waals surface area (Å²) in [4.78, 5) is 12.3. The molecule has 1 atom stereocenters. The van der Waals surface area contributed by atoms with E-state index in [1.54, 1.807) is 12.1 Å². The summed E-state index contributed by atoms with van der Waals surface area (Å²) in [6.45, 7) is 5.75. The molecule has 0 aliphatic carbocycles. The molecule has 1 N–H and O–H groups in total. The quantitative estimate of drug-likeness (QED) is 0.794. The summed E-state index contributed by atoms with van der Waals surface area (Å²) in [7, 11) is 0. The number of furan rings is 1. The summed E-state index contributed by atoms with van der Waals surface area (Å²) in [6.07, 6.45) is 0. The van der Waals surface area contributed by atoms with E-state index in [0.29, 0.717) is 5.56 Å². The highest BCUT2D eigenvalue weighted by atomic mass is 79.9. The van der Waals surface area contributed by atoms with Crippen LogP contribution in [0.3, 0.4) is 0 Å². The molecule has 1 aromatic heterocycles. The van der Waals surface area contributed by atoms with Crippen LogP contribution in [0.25, 0.3) is 0 Å². The molecule has 2 aromatic rings. The lowest BCUT2D eigenvalue weighted by atomic mass is 10.1. The SMILES string of the molecule is Cc1cc(C(C)NC(=O)c2cc(Br)cc(Br)c2)c(C)o1. The number of amides is 1. The van der Waals surface area contributed by atoms with E-state index in [2.05, 4.69) is 37.2 Å². The van der Waals surface area contributed by atoms with Crippen molar-refractivity contribution in [1.29, 1.82) is 0 Å². The molecule has 1 heterocycles. The normalized spacial score (nSPS) is 12.2. The van der Waals surface area contributed by atoms with Crippen LogP contribution in [0.4, 0.5) is 0 Å². The summed E-state index contributed by atoms with van der Waals surface area (Å²) < 4.78 is 7.22. The number of carbonyl (C=O) groups excluding carboxylic acids is 1. The highest BCUT2D eigenvalue weighted by molar-refractivity contribution is 9.11. The van der Waals surface area contributed by atoms with Gasteiger partial charge in [0.2, 0.25) is 0 Å². The van der Waals surface area contributed by atoms with Gasteiger partial charge in [-0.05, 0) is 45.0 Å². The van der Waals surface area contributed by atoms with Crippen molar-refractivity contribution < 1.29 is 9.21 Å². The highest BCUT2D eigenvalue weighted by Crippen LogP contribution is 2.23. The van der Waals surface area contributed by atoms with Gasteiger partial charge in [0, 0.05) is 20.1 Å². The molecular formula is C15H15Br2NO2. The number of nitrogens with one attached hydrogen (secondary N) is 1. The minimum Gasteiger partial charge on any atom is -0.466 e. The zero-order chi connectivity index (χ0) is 14.9. The fourth-order valence-corrected chi connectivity index (χ4v) is 3.42. The van der Waals surface area contributed by atoms with Crippen LogP contribution in [0.5, 0.6) is 0 Å². The van der Waals surface area contributed by atoms with Crippen LogP contribution in [0.1, 0.15) is 40.4 Å². The smallest absolute Gasteiger partial charge is 0.251 e. The second-order valence-electron chi connectivity index (χ2n) is 4.72. The Morgan fingerprint density at radius 2 is 1.75 bits per heavy atom. The fraction of sp³-hybridized carbons (Fsp3) is 0.267. The molecule has 3 nitrogen and oxygen atoms in total. The van der Waals surface area contributed by atoms with Crippen molar-refractivity contribution in [2.75, 3.05) is 0 Å². The van der Waals surface area contributed by atoms with Gasteiger partial charge in [-0.2, -0.15) is 0 Å². The third kappa shape index (κ3) is 3.52. The van der Waals surface area contributed by atoms with Gasteiger partial charge >= 0.3 is 0 Å². The van der Waals surface area contributed by atoms with E-state index in [1.165, 1.54) is 0 Å². The van der Waals surface area contributed by atoms with Crippen LogP contribution in [-0.4, -0.2) is 5.91 Å². The van der Waals surface area contributed by atoms with E-state index in [1.807, 2.05) is 32.9 Å². The number of benzene rings is 1. The fourth-order valence-electron chi connectivity index (χ4n) is 2.12. The predicted octanol–water partition coefficient (Wildman–Crippen LogP) is 4.91. The van der Waals surface area contributed by atoms with Crippen LogP contribution >= 0.6 is 31.9 Å². The molecule has 20 heavy (non-hydrogen) atoms. The Balaban J connectivity index is 2.17. The van der Waals surface area contributed by atoms with Crippen LogP contribution in [-0.2, 0) is 0 Å². The highest BCUT2D eigenvalue weighted by Gasteiger charge is 2.16. The Morgan fingerprint density at radius 3 is 2.25 bits per heavy atom. The number of carbonyl (C=O) groups is 1. The molecule has 0 aliphatic heterocycles. The van der Waals surface area contributed by atoms with Crippen LogP contribution < -0.4 is 5.32 Å². The predicted molar refractivity (Wildman–Crippen MR) is 85.9 cm³/mol. The Labute approximate surface area is 135 Å². The Morgan fingerprint density at radius 1 is 1.15 bits per heavy atom. The summed E-state index contributed by atoms with van der Waals surface area (Å²) in [6, 6.07) is 7.33. The van der Waals surface area contributed by atoms with Crippen molar-refractivity contribution in [3.63, 3.8) is 0 Å². The second-order valence-corrected chi connectivity index (χ2v) is 6.55. The number of rotatable bonds is 3. The number of hydrogen-bond donors (Lipinski definition) is 1. The third-order valence-corrected chi connectivity index (χ3v) is 3.93. The van der Waals surface area contributed by atoms with Crippen LogP contribution in [0.2, 0.25) is 0 Å². The standard InChI is InChI=1S/C15H15Br2NO2/c1-8-4-14(10(3)20-8)9(2)18-15(19)11-5-12(16)7-13(17)6-11/h4-7,9H,1-3H3,(H,18,19). The Bertz CT molecular complexity index is 629. The van der Waals surface area contributed by atoms with Gasteiger partial charge < -0.3 is 9.73 Å². The minimum atomic E-state index is -0.113. The monoisotopic (exact) mass is 399 g/mol. The summed E-state index contributed by atoms with van der Waals surface area (Å²) in [5, 5.41) is 2.98. The van der Waals surface area contributed by atoms with Crippen molar-refractivity contribution in [1.82, 2.24) is 5.32 Å². The second kappa shape index (κ2) is 6.14. The van der Waals surface area contributed by atoms with Gasteiger partial charge in [0.25, 0.3) is 5.91 Å². The molecule has 2 rings (SSSR count). The Kier molecular flexibility index (Phi) is 4.70. The van der Waals surface area contributed by atoms with Gasteiger partial charge in [-0.25, -0.2) is 0 Å². The van der Waals surface area contributed by atoms with Crippen LogP contribution in [0.15, 0.2) is 37.6 Å². The third-order valence-electron chi connectivity index (χ3n) is 3.02. The van der Waals surface area contributed by atoms with E-state index in [4.69, 9.17) is 4.42 Å². The first-order valence-electron chi connectivity index (χ1n) is 6.20. The van der Waals surface area contributed by atoms with Gasteiger partial charge in [0.1, 0.15) is 11.5 Å². The van der Waals surface area contributed by atoms with E-state index in [0.717, 1.165) is 26.0 Å². The van der Waals surface area contributed by atoms with Gasteiger partial charge in [-0.15, -0.1) is 0 Å². The molecule has 0 bridgehead atoms. The molecule has 0 spiro atoms. The van der Waals surface area contributed by atoms with E-state index >= 15 is 0 Å². The average molecular weight is 401 g/mol. The lowest BCUT2D eigenvalue weighted by Gasteiger charge is -2.13. The van der Waals surface area contributed by atoms with Gasteiger partial charge in [-0.1, -0.05) is 31.9 Å². The maximum absolute atomic E-state index is 12.3. The van der Waals surface area contributed by atoms with Crippen LogP contribution in [0, 0.1) is 13.8 Å². The lowest BCUT2D eigenvalue weighted by Crippen LogP contribution is -2.26. The molecule has 106 valence electrons. The molecule has 1 aromatic carbocycles. The first kappa shape index (κ1) is 15.3. The molecule has 0 radical (unpaired) electrons. The van der Waals surface area contributed by atoms with Crippen molar-refractivity contribution in [3.05, 3.63) is 55.9 Å². The number of halogens is 2. The van der Waals surface area contributed by atoms with Crippen molar-refractivity contribution >= 4 is 37.8 Å². The zero-order valence-corrected chi connectivity index (χ0v) is 14.6. The first-order valence-corrected chi connectivity index (χ1v) is 7.79. The molecule has 0 fully saturated rings. The molecular weight excluding hydrogens is 386 g/mol. The molecule has 0 aliphatic rings. The van der Waals surface area contributed by atoms with E-state index < -0.39 is 0 Å². The topological polar surface area (TPSA) is 42.2 Å². The molecule has 0 saturated carbocycles. The minimum absolute atomic E-state index is 0.0993. The maximum Gasteiger partial charge on any atom is 0.251 e. The van der Waals surface area contributed by atoms with Crippen molar-refractivity contribution in [2.45, 2.75) is 26.8 Å².